The minimum Gasteiger partial charge on any atom is -0.309 e. The summed E-state index contributed by atoms with van der Waals surface area (Å²) in [6.07, 6.45) is -4.09. The lowest BCUT2D eigenvalue weighted by atomic mass is 10.1. The standard InChI is InChI=1S/C11H16F3NS/c1-3-6-15-9(7-11(12,13)14)10-5-4-8(2)16-10/h4-5,9,15H,3,6-7H2,1-2H3. The molecule has 0 amide bonds. The molecule has 0 aliphatic carbocycles. The van der Waals surface area contributed by atoms with Crippen LogP contribution in [0.2, 0.25) is 0 Å². The van der Waals surface area contributed by atoms with E-state index < -0.39 is 18.6 Å². The first kappa shape index (κ1) is 13.5. The van der Waals surface area contributed by atoms with Gasteiger partial charge in [0.1, 0.15) is 0 Å². The van der Waals surface area contributed by atoms with Crippen molar-refractivity contribution in [3.05, 3.63) is 21.9 Å². The summed E-state index contributed by atoms with van der Waals surface area (Å²) < 4.78 is 37.2. The van der Waals surface area contributed by atoms with Gasteiger partial charge in [-0.15, -0.1) is 11.3 Å². The highest BCUT2D eigenvalue weighted by Gasteiger charge is 2.32. The lowest BCUT2D eigenvalue weighted by molar-refractivity contribution is -0.140. The van der Waals surface area contributed by atoms with Crippen LogP contribution in [0.1, 0.15) is 35.6 Å². The first-order valence-corrected chi connectivity index (χ1v) is 6.10. The zero-order valence-electron chi connectivity index (χ0n) is 9.40. The van der Waals surface area contributed by atoms with Crippen LogP contribution in [0.5, 0.6) is 0 Å². The first-order valence-electron chi connectivity index (χ1n) is 5.29. The van der Waals surface area contributed by atoms with Gasteiger partial charge in [0.05, 0.1) is 12.5 Å². The van der Waals surface area contributed by atoms with E-state index in [1.54, 1.807) is 6.07 Å². The summed E-state index contributed by atoms with van der Waals surface area (Å²) in [5.74, 6) is 0. The number of hydrogen-bond acceptors (Lipinski definition) is 2. The normalized spacial score (nSPS) is 14.1. The second-order valence-corrected chi connectivity index (χ2v) is 5.09. The number of alkyl halides is 3. The summed E-state index contributed by atoms with van der Waals surface area (Å²) in [6, 6.07) is 3.04. The van der Waals surface area contributed by atoms with Crippen molar-refractivity contribution in [3.8, 4) is 0 Å². The Labute approximate surface area is 97.7 Å². The lowest BCUT2D eigenvalue weighted by Gasteiger charge is -2.18. The molecule has 5 heteroatoms. The number of rotatable bonds is 5. The number of nitrogens with one attached hydrogen (secondary N) is 1. The van der Waals surface area contributed by atoms with Crippen LogP contribution in [0, 0.1) is 6.92 Å². The van der Waals surface area contributed by atoms with Crippen LogP contribution >= 0.6 is 11.3 Å². The van der Waals surface area contributed by atoms with Crippen LogP contribution < -0.4 is 5.32 Å². The topological polar surface area (TPSA) is 12.0 Å². The Morgan fingerprint density at radius 3 is 2.50 bits per heavy atom. The first-order chi connectivity index (χ1) is 7.42. The molecule has 1 aromatic rings. The molecule has 0 aliphatic heterocycles. The highest BCUT2D eigenvalue weighted by molar-refractivity contribution is 7.12. The van der Waals surface area contributed by atoms with Crippen LogP contribution in [0.3, 0.4) is 0 Å². The van der Waals surface area contributed by atoms with Crippen LogP contribution in [0.4, 0.5) is 13.2 Å². The van der Waals surface area contributed by atoms with E-state index in [1.165, 1.54) is 11.3 Å². The molecule has 1 nitrogen and oxygen atoms in total. The molecular weight excluding hydrogens is 235 g/mol. The number of aryl methyl sites for hydroxylation is 1. The maximum absolute atomic E-state index is 12.4. The highest BCUT2D eigenvalue weighted by Crippen LogP contribution is 2.32. The molecule has 92 valence electrons. The summed E-state index contributed by atoms with van der Waals surface area (Å²) in [5.41, 5.74) is 0. The molecule has 1 aromatic heterocycles. The summed E-state index contributed by atoms with van der Waals surface area (Å²) in [6.45, 7) is 4.45. The fraction of sp³-hybridized carbons (Fsp3) is 0.636. The molecule has 0 aromatic carbocycles. The molecular formula is C11H16F3NS. The number of thiophene rings is 1. The Kier molecular flexibility index (Phi) is 4.80. The minimum absolute atomic E-state index is 0.598. The number of hydrogen-bond donors (Lipinski definition) is 1. The zero-order valence-corrected chi connectivity index (χ0v) is 10.2. The second kappa shape index (κ2) is 5.68. The molecule has 0 saturated heterocycles. The van der Waals surface area contributed by atoms with Gasteiger partial charge in [0.25, 0.3) is 0 Å². The Balaban J connectivity index is 2.71. The fourth-order valence-corrected chi connectivity index (χ4v) is 2.42. The third-order valence-corrected chi connectivity index (χ3v) is 3.30. The Morgan fingerprint density at radius 1 is 1.38 bits per heavy atom. The van der Waals surface area contributed by atoms with Gasteiger partial charge in [-0.2, -0.15) is 13.2 Å². The van der Waals surface area contributed by atoms with Crippen molar-refractivity contribution in [3.63, 3.8) is 0 Å². The largest absolute Gasteiger partial charge is 0.390 e. The van der Waals surface area contributed by atoms with E-state index in [0.717, 1.165) is 16.2 Å². The summed E-state index contributed by atoms with van der Waals surface area (Å²) in [4.78, 5) is 1.81. The van der Waals surface area contributed by atoms with Crippen LogP contribution in [0.25, 0.3) is 0 Å². The molecule has 0 fully saturated rings. The molecule has 0 spiro atoms. The van der Waals surface area contributed by atoms with E-state index in [4.69, 9.17) is 0 Å². The molecule has 0 aliphatic rings. The molecule has 1 rings (SSSR count). The van der Waals surface area contributed by atoms with Gasteiger partial charge in [0.15, 0.2) is 0 Å². The summed E-state index contributed by atoms with van der Waals surface area (Å²) in [7, 11) is 0. The monoisotopic (exact) mass is 251 g/mol. The molecule has 16 heavy (non-hydrogen) atoms. The molecule has 1 unspecified atom stereocenters. The van der Waals surface area contributed by atoms with Gasteiger partial charge < -0.3 is 5.32 Å². The van der Waals surface area contributed by atoms with Crippen molar-refractivity contribution in [2.24, 2.45) is 0 Å². The second-order valence-electron chi connectivity index (χ2n) is 3.77. The maximum Gasteiger partial charge on any atom is 0.390 e. The molecule has 1 atom stereocenters. The Bertz CT molecular complexity index is 319. The zero-order chi connectivity index (χ0) is 12.2. The van der Waals surface area contributed by atoms with Crippen molar-refractivity contribution in [1.29, 1.82) is 0 Å². The average molecular weight is 251 g/mol. The smallest absolute Gasteiger partial charge is 0.309 e. The van der Waals surface area contributed by atoms with E-state index in [0.29, 0.717) is 6.54 Å². The quantitative estimate of drug-likeness (QED) is 0.832. The van der Waals surface area contributed by atoms with E-state index in [2.05, 4.69) is 5.32 Å². The Hall–Kier alpha value is -0.550. The lowest BCUT2D eigenvalue weighted by Crippen LogP contribution is -2.26. The van der Waals surface area contributed by atoms with Gasteiger partial charge in [-0.05, 0) is 32.0 Å². The van der Waals surface area contributed by atoms with Crippen molar-refractivity contribution >= 4 is 11.3 Å². The predicted octanol–water partition coefficient (Wildman–Crippen LogP) is 4.05. The van der Waals surface area contributed by atoms with Crippen LogP contribution in [-0.4, -0.2) is 12.7 Å². The van der Waals surface area contributed by atoms with Crippen molar-refractivity contribution in [2.45, 2.75) is 38.9 Å². The van der Waals surface area contributed by atoms with Gasteiger partial charge in [-0.25, -0.2) is 0 Å². The SMILES string of the molecule is CCCNC(CC(F)(F)F)c1ccc(C)s1. The van der Waals surface area contributed by atoms with Crippen molar-refractivity contribution < 1.29 is 13.2 Å². The van der Waals surface area contributed by atoms with Gasteiger partial charge in [0, 0.05) is 9.75 Å². The summed E-state index contributed by atoms with van der Waals surface area (Å²) in [5, 5.41) is 2.95. The third kappa shape index (κ3) is 4.53. The maximum atomic E-state index is 12.4. The highest BCUT2D eigenvalue weighted by atomic mass is 32.1. The van der Waals surface area contributed by atoms with E-state index >= 15 is 0 Å². The van der Waals surface area contributed by atoms with E-state index in [9.17, 15) is 13.2 Å². The van der Waals surface area contributed by atoms with Gasteiger partial charge in [-0.3, -0.25) is 0 Å². The van der Waals surface area contributed by atoms with E-state index in [1.807, 2.05) is 19.9 Å². The Morgan fingerprint density at radius 2 is 2.06 bits per heavy atom. The molecule has 1 heterocycles. The van der Waals surface area contributed by atoms with Crippen molar-refractivity contribution in [2.75, 3.05) is 6.54 Å². The molecule has 0 radical (unpaired) electrons. The van der Waals surface area contributed by atoms with Crippen LogP contribution in [0.15, 0.2) is 12.1 Å². The van der Waals surface area contributed by atoms with Gasteiger partial charge in [0.2, 0.25) is 0 Å². The molecule has 0 bridgehead atoms. The third-order valence-electron chi connectivity index (χ3n) is 2.18. The van der Waals surface area contributed by atoms with Gasteiger partial charge >= 0.3 is 6.18 Å². The molecule has 0 saturated carbocycles. The number of halogens is 3. The van der Waals surface area contributed by atoms with Crippen LogP contribution in [-0.2, 0) is 0 Å². The predicted molar refractivity (Wildman–Crippen MR) is 60.8 cm³/mol. The molecule has 1 N–H and O–H groups in total. The van der Waals surface area contributed by atoms with Crippen molar-refractivity contribution in [1.82, 2.24) is 5.32 Å². The minimum atomic E-state index is -4.12. The average Bonchev–Trinajstić information content (AvgIpc) is 2.57. The summed E-state index contributed by atoms with van der Waals surface area (Å²) >= 11 is 1.42. The van der Waals surface area contributed by atoms with Gasteiger partial charge in [-0.1, -0.05) is 6.92 Å². The fourth-order valence-electron chi connectivity index (χ4n) is 1.46. The van der Waals surface area contributed by atoms with E-state index in [-0.39, 0.29) is 0 Å².